The van der Waals surface area contributed by atoms with Crippen molar-refractivity contribution in [1.29, 1.82) is 0 Å². The molecule has 2 heterocycles. The maximum absolute atomic E-state index is 11.6. The SMILES string of the molecule is CC(C)(C)c1cc(=O)[nH]c(C2CCS(=O)(=O)C2)n1. The van der Waals surface area contributed by atoms with Gasteiger partial charge in [-0.2, -0.15) is 0 Å². The van der Waals surface area contributed by atoms with E-state index in [0.29, 0.717) is 17.9 Å². The molecule has 18 heavy (non-hydrogen) atoms. The summed E-state index contributed by atoms with van der Waals surface area (Å²) in [4.78, 5) is 18.7. The van der Waals surface area contributed by atoms with Crippen LogP contribution in [-0.4, -0.2) is 29.9 Å². The first kappa shape index (κ1) is 13.3. The van der Waals surface area contributed by atoms with Crippen molar-refractivity contribution in [2.75, 3.05) is 11.5 Å². The van der Waals surface area contributed by atoms with E-state index in [0.717, 1.165) is 0 Å². The summed E-state index contributed by atoms with van der Waals surface area (Å²) in [5, 5.41) is 0. The molecule has 0 saturated carbocycles. The third-order valence-corrected chi connectivity index (χ3v) is 4.92. The number of hydrogen-bond donors (Lipinski definition) is 1. The van der Waals surface area contributed by atoms with Gasteiger partial charge in [-0.25, -0.2) is 13.4 Å². The lowest BCUT2D eigenvalue weighted by molar-refractivity contribution is 0.553. The average molecular weight is 270 g/mol. The molecule has 1 aliphatic heterocycles. The summed E-state index contributed by atoms with van der Waals surface area (Å²) in [5.41, 5.74) is 0.264. The minimum Gasteiger partial charge on any atom is -0.310 e. The van der Waals surface area contributed by atoms with Crippen molar-refractivity contribution >= 4 is 9.84 Å². The van der Waals surface area contributed by atoms with Crippen molar-refractivity contribution < 1.29 is 8.42 Å². The second-order valence-electron chi connectivity index (χ2n) is 5.87. The van der Waals surface area contributed by atoms with Crippen LogP contribution in [0.3, 0.4) is 0 Å². The predicted molar refractivity (Wildman–Crippen MR) is 69.6 cm³/mol. The Kier molecular flexibility index (Phi) is 3.09. The maximum Gasteiger partial charge on any atom is 0.251 e. The van der Waals surface area contributed by atoms with Crippen molar-refractivity contribution in [2.24, 2.45) is 0 Å². The zero-order chi connectivity index (χ0) is 13.6. The molecule has 0 radical (unpaired) electrons. The zero-order valence-corrected chi connectivity index (χ0v) is 11.7. The Bertz CT molecular complexity index is 611. The molecule has 1 fully saturated rings. The molecule has 100 valence electrons. The standard InChI is InChI=1S/C12H18N2O3S/c1-12(2,3)9-6-10(15)14-11(13-9)8-4-5-18(16,17)7-8/h6,8H,4-5,7H2,1-3H3,(H,13,14,15). The molecule has 1 N–H and O–H groups in total. The fraction of sp³-hybridized carbons (Fsp3) is 0.667. The first-order chi connectivity index (χ1) is 8.17. The highest BCUT2D eigenvalue weighted by Crippen LogP contribution is 2.27. The van der Waals surface area contributed by atoms with Crippen LogP contribution in [0.5, 0.6) is 0 Å². The second-order valence-corrected chi connectivity index (χ2v) is 8.09. The minimum atomic E-state index is -2.97. The molecule has 0 amide bonds. The van der Waals surface area contributed by atoms with E-state index in [1.807, 2.05) is 20.8 Å². The van der Waals surface area contributed by atoms with Crippen molar-refractivity contribution in [3.63, 3.8) is 0 Å². The lowest BCUT2D eigenvalue weighted by Crippen LogP contribution is -2.22. The summed E-state index contributed by atoms with van der Waals surface area (Å²) in [5.74, 6) is 0.600. The van der Waals surface area contributed by atoms with E-state index in [4.69, 9.17) is 0 Å². The third kappa shape index (κ3) is 2.80. The molecule has 1 saturated heterocycles. The van der Waals surface area contributed by atoms with Crippen molar-refractivity contribution in [1.82, 2.24) is 9.97 Å². The molecule has 1 atom stereocenters. The Hall–Kier alpha value is -1.17. The number of aromatic amines is 1. The molecule has 0 bridgehead atoms. The highest BCUT2D eigenvalue weighted by Gasteiger charge is 2.31. The number of H-pyrrole nitrogens is 1. The van der Waals surface area contributed by atoms with Gasteiger partial charge in [0.1, 0.15) is 5.82 Å². The van der Waals surface area contributed by atoms with Gasteiger partial charge in [0.05, 0.1) is 17.2 Å². The van der Waals surface area contributed by atoms with Gasteiger partial charge >= 0.3 is 0 Å². The number of nitrogens with one attached hydrogen (secondary N) is 1. The summed E-state index contributed by atoms with van der Waals surface area (Å²) in [7, 11) is -2.97. The van der Waals surface area contributed by atoms with Crippen LogP contribution in [0, 0.1) is 0 Å². The molecule has 0 aromatic carbocycles. The Labute approximate surface area is 107 Å². The quantitative estimate of drug-likeness (QED) is 0.824. The largest absolute Gasteiger partial charge is 0.310 e. The number of aromatic nitrogens is 2. The van der Waals surface area contributed by atoms with Gasteiger partial charge in [-0.3, -0.25) is 4.79 Å². The second kappa shape index (κ2) is 4.19. The summed E-state index contributed by atoms with van der Waals surface area (Å²) >= 11 is 0. The first-order valence-electron chi connectivity index (χ1n) is 5.99. The summed E-state index contributed by atoms with van der Waals surface area (Å²) in [6.07, 6.45) is 0.541. The van der Waals surface area contributed by atoms with Crippen molar-refractivity contribution in [2.45, 2.75) is 38.5 Å². The van der Waals surface area contributed by atoms with E-state index < -0.39 is 9.84 Å². The molecular formula is C12H18N2O3S. The number of sulfone groups is 1. The Balaban J connectivity index is 2.41. The lowest BCUT2D eigenvalue weighted by atomic mass is 9.92. The van der Waals surface area contributed by atoms with E-state index in [1.54, 1.807) is 0 Å². The Morgan fingerprint density at radius 1 is 1.39 bits per heavy atom. The monoisotopic (exact) mass is 270 g/mol. The molecule has 6 heteroatoms. The Morgan fingerprint density at radius 2 is 2.06 bits per heavy atom. The molecular weight excluding hydrogens is 252 g/mol. The highest BCUT2D eigenvalue weighted by molar-refractivity contribution is 7.91. The summed E-state index contributed by atoms with van der Waals surface area (Å²) < 4.78 is 22.9. The molecule has 0 aliphatic carbocycles. The van der Waals surface area contributed by atoms with Gasteiger partial charge in [0.2, 0.25) is 0 Å². The normalized spacial score (nSPS) is 23.2. The van der Waals surface area contributed by atoms with Gasteiger partial charge in [-0.05, 0) is 6.42 Å². The van der Waals surface area contributed by atoms with Crippen LogP contribution in [-0.2, 0) is 15.3 Å². The van der Waals surface area contributed by atoms with Crippen LogP contribution >= 0.6 is 0 Å². The highest BCUT2D eigenvalue weighted by atomic mass is 32.2. The van der Waals surface area contributed by atoms with Gasteiger partial charge in [-0.1, -0.05) is 20.8 Å². The topological polar surface area (TPSA) is 79.9 Å². The van der Waals surface area contributed by atoms with Gasteiger partial charge in [0.25, 0.3) is 5.56 Å². The Morgan fingerprint density at radius 3 is 2.56 bits per heavy atom. The first-order valence-corrected chi connectivity index (χ1v) is 7.82. The third-order valence-electron chi connectivity index (χ3n) is 3.15. The molecule has 1 unspecified atom stereocenters. The van der Waals surface area contributed by atoms with Crippen LogP contribution < -0.4 is 5.56 Å². The van der Waals surface area contributed by atoms with Crippen LogP contribution in [0.25, 0.3) is 0 Å². The summed E-state index contributed by atoms with van der Waals surface area (Å²) in [6, 6.07) is 1.48. The molecule has 2 rings (SSSR count). The van der Waals surface area contributed by atoms with E-state index in [2.05, 4.69) is 9.97 Å². The van der Waals surface area contributed by atoms with E-state index in [-0.39, 0.29) is 28.4 Å². The number of nitrogens with zero attached hydrogens (tertiary/aromatic N) is 1. The average Bonchev–Trinajstić information content (AvgIpc) is 2.56. The van der Waals surface area contributed by atoms with E-state index in [9.17, 15) is 13.2 Å². The number of hydrogen-bond acceptors (Lipinski definition) is 4. The molecule has 1 aliphatic rings. The summed E-state index contributed by atoms with van der Waals surface area (Å²) in [6.45, 7) is 5.93. The molecule has 1 aromatic heterocycles. The van der Waals surface area contributed by atoms with Crippen molar-refractivity contribution in [3.8, 4) is 0 Å². The molecule has 0 spiro atoms. The van der Waals surface area contributed by atoms with Crippen molar-refractivity contribution in [3.05, 3.63) is 27.9 Å². The maximum atomic E-state index is 11.6. The van der Waals surface area contributed by atoms with Crippen LogP contribution in [0.4, 0.5) is 0 Å². The molecule has 5 nitrogen and oxygen atoms in total. The smallest absolute Gasteiger partial charge is 0.251 e. The van der Waals surface area contributed by atoms with Gasteiger partial charge < -0.3 is 4.98 Å². The van der Waals surface area contributed by atoms with Crippen LogP contribution in [0.15, 0.2) is 10.9 Å². The van der Waals surface area contributed by atoms with Crippen LogP contribution in [0.2, 0.25) is 0 Å². The lowest BCUT2D eigenvalue weighted by Gasteiger charge is -2.19. The van der Waals surface area contributed by atoms with E-state index >= 15 is 0 Å². The number of rotatable bonds is 1. The fourth-order valence-corrected chi connectivity index (χ4v) is 3.81. The van der Waals surface area contributed by atoms with Crippen LogP contribution in [0.1, 0.15) is 44.6 Å². The molecule has 1 aromatic rings. The van der Waals surface area contributed by atoms with Gasteiger partial charge in [0.15, 0.2) is 9.84 Å². The van der Waals surface area contributed by atoms with Gasteiger partial charge in [-0.15, -0.1) is 0 Å². The predicted octanol–water partition coefficient (Wildman–Crippen LogP) is 0.970. The van der Waals surface area contributed by atoms with Gasteiger partial charge in [0, 0.05) is 17.4 Å². The van der Waals surface area contributed by atoms with E-state index in [1.165, 1.54) is 6.07 Å². The zero-order valence-electron chi connectivity index (χ0n) is 10.9. The fourth-order valence-electron chi connectivity index (χ4n) is 2.06. The minimum absolute atomic E-state index is 0.0868.